The summed E-state index contributed by atoms with van der Waals surface area (Å²) in [6.45, 7) is 3.94. The second kappa shape index (κ2) is 7.15. The number of hydrogen-bond acceptors (Lipinski definition) is 6. The van der Waals surface area contributed by atoms with E-state index in [1.54, 1.807) is 13.0 Å². The highest BCUT2D eigenvalue weighted by Gasteiger charge is 2.51. The maximum Gasteiger partial charge on any atom is 0.341 e. The zero-order valence-electron chi connectivity index (χ0n) is 14.4. The van der Waals surface area contributed by atoms with Gasteiger partial charge in [0.05, 0.1) is 12.2 Å². The first-order valence-corrected chi connectivity index (χ1v) is 9.59. The third-order valence-electron chi connectivity index (χ3n) is 5.35. The van der Waals surface area contributed by atoms with Crippen LogP contribution in [0.4, 0.5) is 5.00 Å². The zero-order valence-corrected chi connectivity index (χ0v) is 15.2. The molecule has 0 aromatic carbocycles. The number of carbonyl (C=O) groups is 3. The molecule has 7 heteroatoms. The molecule has 1 heterocycles. The number of carbonyl (C=O) groups excluding carboxylic acids is 3. The minimum absolute atomic E-state index is 0.0322. The van der Waals surface area contributed by atoms with Crippen LogP contribution in [0.25, 0.3) is 0 Å². The van der Waals surface area contributed by atoms with Crippen LogP contribution in [0.1, 0.15) is 48.3 Å². The molecule has 2 aliphatic rings. The van der Waals surface area contributed by atoms with Gasteiger partial charge in [0, 0.05) is 22.7 Å². The number of aryl methyl sites for hydroxylation is 1. The van der Waals surface area contributed by atoms with Crippen molar-refractivity contribution in [2.75, 3.05) is 11.9 Å². The monoisotopic (exact) mass is 364 g/mol. The van der Waals surface area contributed by atoms with E-state index in [-0.39, 0.29) is 24.3 Å². The van der Waals surface area contributed by atoms with Gasteiger partial charge in [0.2, 0.25) is 5.91 Å². The van der Waals surface area contributed by atoms with Crippen LogP contribution in [-0.4, -0.2) is 24.5 Å². The molecule has 2 aliphatic carbocycles. The van der Waals surface area contributed by atoms with Crippen molar-refractivity contribution in [3.8, 4) is 0 Å². The Morgan fingerprint density at radius 1 is 1.24 bits per heavy atom. The molecule has 136 valence electrons. The summed E-state index contributed by atoms with van der Waals surface area (Å²) in [4.78, 5) is 37.4. The van der Waals surface area contributed by atoms with E-state index in [4.69, 9.17) is 4.74 Å². The van der Waals surface area contributed by atoms with Crippen LogP contribution in [0.2, 0.25) is 0 Å². The number of hydrogen-bond donors (Lipinski definition) is 1. The lowest BCUT2D eigenvalue weighted by atomic mass is 9.79. The van der Waals surface area contributed by atoms with Crippen LogP contribution in [0.5, 0.6) is 0 Å². The zero-order chi connectivity index (χ0) is 18.1. The number of anilines is 1. The van der Waals surface area contributed by atoms with Gasteiger partial charge in [-0.15, -0.1) is 11.3 Å². The van der Waals surface area contributed by atoms with E-state index in [9.17, 15) is 19.5 Å². The van der Waals surface area contributed by atoms with Crippen molar-refractivity contribution in [3.05, 3.63) is 16.5 Å². The van der Waals surface area contributed by atoms with Crippen molar-refractivity contribution < 1.29 is 24.2 Å². The summed E-state index contributed by atoms with van der Waals surface area (Å²) in [5.74, 6) is -3.12. The first-order chi connectivity index (χ1) is 12.0. The minimum Gasteiger partial charge on any atom is -0.550 e. The van der Waals surface area contributed by atoms with Crippen molar-refractivity contribution in [2.24, 2.45) is 23.7 Å². The summed E-state index contributed by atoms with van der Waals surface area (Å²) in [6.07, 6.45) is 3.23. The number of ether oxygens (including phenoxy) is 1. The van der Waals surface area contributed by atoms with Crippen LogP contribution in [0, 0.1) is 23.7 Å². The van der Waals surface area contributed by atoms with Crippen LogP contribution in [-0.2, 0) is 20.7 Å². The number of esters is 1. The molecule has 1 aromatic rings. The maximum atomic E-state index is 12.8. The molecule has 2 bridgehead atoms. The summed E-state index contributed by atoms with van der Waals surface area (Å²) >= 11 is 1.33. The van der Waals surface area contributed by atoms with Crippen molar-refractivity contribution in [1.29, 1.82) is 0 Å². The van der Waals surface area contributed by atoms with Crippen molar-refractivity contribution >= 4 is 34.2 Å². The van der Waals surface area contributed by atoms with Gasteiger partial charge in [0.25, 0.3) is 0 Å². The molecular formula is C18H22NO5S-. The van der Waals surface area contributed by atoms with E-state index in [0.29, 0.717) is 10.6 Å². The molecule has 0 unspecified atom stereocenters. The summed E-state index contributed by atoms with van der Waals surface area (Å²) < 4.78 is 5.05. The Labute approximate surface area is 150 Å². The summed E-state index contributed by atoms with van der Waals surface area (Å²) in [5.41, 5.74) is 0.338. The lowest BCUT2D eigenvalue weighted by Crippen LogP contribution is -2.44. The Kier molecular flexibility index (Phi) is 5.13. The Morgan fingerprint density at radius 2 is 1.92 bits per heavy atom. The van der Waals surface area contributed by atoms with Gasteiger partial charge >= 0.3 is 5.97 Å². The average molecular weight is 364 g/mol. The Morgan fingerprint density at radius 3 is 2.52 bits per heavy atom. The first-order valence-electron chi connectivity index (χ1n) is 8.77. The Balaban J connectivity index is 1.82. The van der Waals surface area contributed by atoms with Crippen molar-refractivity contribution in [2.45, 2.75) is 39.5 Å². The molecule has 1 aromatic heterocycles. The average Bonchev–Trinajstić information content (AvgIpc) is 3.28. The fourth-order valence-corrected chi connectivity index (χ4v) is 5.26. The number of carboxylic acid groups (broad SMARTS) is 1. The summed E-state index contributed by atoms with van der Waals surface area (Å²) in [7, 11) is 0. The van der Waals surface area contributed by atoms with E-state index in [0.717, 1.165) is 30.6 Å². The molecule has 0 aliphatic heterocycles. The van der Waals surface area contributed by atoms with E-state index < -0.39 is 23.8 Å². The van der Waals surface area contributed by atoms with E-state index >= 15 is 0 Å². The molecule has 0 saturated heterocycles. The van der Waals surface area contributed by atoms with Gasteiger partial charge in [-0.25, -0.2) is 4.79 Å². The summed E-state index contributed by atoms with van der Waals surface area (Å²) in [5, 5.41) is 14.8. The largest absolute Gasteiger partial charge is 0.550 e. The van der Waals surface area contributed by atoms with Crippen LogP contribution < -0.4 is 10.4 Å². The van der Waals surface area contributed by atoms with E-state index in [2.05, 4.69) is 5.32 Å². The Bertz CT molecular complexity index is 698. The number of fused-ring (bicyclic) bond motifs is 2. The van der Waals surface area contributed by atoms with Crippen LogP contribution >= 0.6 is 11.3 Å². The molecule has 6 nitrogen and oxygen atoms in total. The smallest absolute Gasteiger partial charge is 0.341 e. The van der Waals surface area contributed by atoms with Gasteiger partial charge in [-0.3, -0.25) is 4.79 Å². The topological polar surface area (TPSA) is 95.5 Å². The minimum atomic E-state index is -1.14. The lowest BCUT2D eigenvalue weighted by molar-refractivity contribution is -0.314. The fourth-order valence-electron chi connectivity index (χ4n) is 4.27. The molecule has 1 amide bonds. The van der Waals surface area contributed by atoms with Gasteiger partial charge in [-0.1, -0.05) is 6.92 Å². The molecule has 1 N–H and O–H groups in total. The summed E-state index contributed by atoms with van der Waals surface area (Å²) in [6, 6.07) is 1.73. The standard InChI is InChI=1S/C18H23NO5S/c1-3-11-8-12(18(23)24-4-2)16(25-11)19-15(20)13-9-5-6-10(7-9)14(13)17(21)22/h8-10,13-14H,3-7H2,1-2H3,(H,19,20)(H,21,22)/p-1/t9-,10+,13+,14+/m1/s1. The normalized spacial score (nSPS) is 27.3. The molecule has 4 atom stereocenters. The lowest BCUT2D eigenvalue weighted by Gasteiger charge is -2.30. The molecule has 0 radical (unpaired) electrons. The first kappa shape index (κ1) is 17.9. The molecule has 25 heavy (non-hydrogen) atoms. The highest BCUT2D eigenvalue weighted by Crippen LogP contribution is 2.52. The van der Waals surface area contributed by atoms with Gasteiger partial charge in [0.15, 0.2) is 0 Å². The number of carboxylic acids is 1. The van der Waals surface area contributed by atoms with Crippen LogP contribution in [0.3, 0.4) is 0 Å². The Hall–Kier alpha value is -1.89. The predicted octanol–water partition coefficient (Wildman–Crippen LogP) is 1.84. The SMILES string of the molecule is CCOC(=O)c1cc(CC)sc1NC(=O)[C@H]1[C@@H]2CC[C@@H](C2)[C@@H]1C(=O)[O-]. The number of nitrogens with one attached hydrogen (secondary N) is 1. The maximum absolute atomic E-state index is 12.8. The number of amides is 1. The highest BCUT2D eigenvalue weighted by atomic mass is 32.1. The number of aliphatic carboxylic acids is 1. The van der Waals surface area contributed by atoms with Gasteiger partial charge in [-0.2, -0.15) is 0 Å². The van der Waals surface area contributed by atoms with Crippen molar-refractivity contribution in [3.63, 3.8) is 0 Å². The second-order valence-electron chi connectivity index (χ2n) is 6.72. The second-order valence-corrected chi connectivity index (χ2v) is 7.86. The fraction of sp³-hybridized carbons (Fsp3) is 0.611. The number of thiophene rings is 1. The third-order valence-corrected chi connectivity index (χ3v) is 6.55. The molecule has 2 fully saturated rings. The number of rotatable bonds is 6. The van der Waals surface area contributed by atoms with E-state index in [1.807, 2.05) is 6.92 Å². The van der Waals surface area contributed by atoms with Gasteiger partial charge in [-0.05, 0) is 50.5 Å². The third kappa shape index (κ3) is 3.29. The quantitative estimate of drug-likeness (QED) is 0.777. The highest BCUT2D eigenvalue weighted by molar-refractivity contribution is 7.16. The van der Waals surface area contributed by atoms with Crippen LogP contribution in [0.15, 0.2) is 6.07 Å². The van der Waals surface area contributed by atoms with Gasteiger partial charge < -0.3 is 20.0 Å². The molecule has 2 saturated carbocycles. The predicted molar refractivity (Wildman–Crippen MR) is 91.1 cm³/mol. The molecule has 3 rings (SSSR count). The molecular weight excluding hydrogens is 342 g/mol. The van der Waals surface area contributed by atoms with Crippen molar-refractivity contribution in [1.82, 2.24) is 0 Å². The van der Waals surface area contributed by atoms with E-state index in [1.165, 1.54) is 11.3 Å². The molecule has 0 spiro atoms. The van der Waals surface area contributed by atoms with Gasteiger partial charge in [0.1, 0.15) is 5.00 Å².